The average Bonchev–Trinajstić information content (AvgIpc) is 2.26. The van der Waals surface area contributed by atoms with E-state index in [1.165, 1.54) is 0 Å². The molecule has 0 saturated heterocycles. The Kier molecular flexibility index (Phi) is 4.60. The molecule has 0 spiro atoms. The molecule has 0 radical (unpaired) electrons. The molecule has 1 rings (SSSR count). The van der Waals surface area contributed by atoms with Gasteiger partial charge in [0.1, 0.15) is 4.90 Å². The lowest BCUT2D eigenvalue weighted by atomic mass is 10.2. The predicted molar refractivity (Wildman–Crippen MR) is 59.6 cm³/mol. The van der Waals surface area contributed by atoms with E-state index < -0.39 is 33.9 Å². The third-order valence-electron chi connectivity index (χ3n) is 1.90. The smallest absolute Gasteiger partial charge is 0.335 e. The van der Waals surface area contributed by atoms with Gasteiger partial charge in [-0.3, -0.25) is 0 Å². The molecule has 1 aromatic carbocycles. The van der Waals surface area contributed by atoms with Gasteiger partial charge in [0.15, 0.2) is 0 Å². The molecule has 0 fully saturated rings. The highest BCUT2D eigenvalue weighted by Gasteiger charge is 2.21. The molecule has 100 valence electrons. The van der Waals surface area contributed by atoms with Crippen molar-refractivity contribution in [3.8, 4) is 0 Å². The summed E-state index contributed by atoms with van der Waals surface area (Å²) in [5, 5.41) is 8.46. The van der Waals surface area contributed by atoms with Gasteiger partial charge in [-0.25, -0.2) is 26.7 Å². The topological polar surface area (TPSA) is 83.5 Å². The molecule has 9 heteroatoms. The molecule has 0 aromatic heterocycles. The normalized spacial score (nSPS) is 11.8. The van der Waals surface area contributed by atoms with Crippen LogP contribution in [0.25, 0.3) is 0 Å². The maximum Gasteiger partial charge on any atom is 0.335 e. The van der Waals surface area contributed by atoms with Crippen LogP contribution in [0.5, 0.6) is 0 Å². The summed E-state index contributed by atoms with van der Waals surface area (Å²) in [4.78, 5) is 10.1. The standard InChI is InChI=1S/C9H8ClF2NO4S/c10-6-2-1-5(9(14)15)3-7(6)18(16,17)13-4-8(11)12/h1-3,8,13H,4H2,(H,14,15). The predicted octanol–water partition coefficient (Wildman–Crippen LogP) is 1.58. The van der Waals surface area contributed by atoms with Gasteiger partial charge in [-0.05, 0) is 18.2 Å². The highest BCUT2D eigenvalue weighted by atomic mass is 35.5. The van der Waals surface area contributed by atoms with Gasteiger partial charge in [0.05, 0.1) is 17.1 Å². The second-order valence-electron chi connectivity index (χ2n) is 3.19. The zero-order valence-corrected chi connectivity index (χ0v) is 10.3. The quantitative estimate of drug-likeness (QED) is 0.864. The van der Waals surface area contributed by atoms with E-state index in [1.54, 1.807) is 4.72 Å². The van der Waals surface area contributed by atoms with Gasteiger partial charge in [0.2, 0.25) is 10.0 Å². The molecule has 0 heterocycles. The minimum absolute atomic E-state index is 0.248. The summed E-state index contributed by atoms with van der Waals surface area (Å²) in [6.07, 6.45) is -2.86. The summed E-state index contributed by atoms with van der Waals surface area (Å²) in [5.74, 6) is -1.35. The molecule has 1 aromatic rings. The van der Waals surface area contributed by atoms with Gasteiger partial charge in [-0.2, -0.15) is 0 Å². The molecule has 0 unspecified atom stereocenters. The molecule has 0 saturated carbocycles. The fraction of sp³-hybridized carbons (Fsp3) is 0.222. The number of carbonyl (C=O) groups is 1. The van der Waals surface area contributed by atoms with Crippen molar-refractivity contribution < 1.29 is 27.1 Å². The molecular formula is C9H8ClF2NO4S. The number of nitrogens with one attached hydrogen (secondary N) is 1. The number of sulfonamides is 1. The van der Waals surface area contributed by atoms with Crippen LogP contribution in [0, 0.1) is 0 Å². The number of carboxylic acids is 1. The first-order chi connectivity index (χ1) is 8.24. The number of hydrogen-bond acceptors (Lipinski definition) is 3. The number of benzene rings is 1. The number of carboxylic acid groups (broad SMARTS) is 1. The molecule has 0 atom stereocenters. The molecule has 5 nitrogen and oxygen atoms in total. The summed E-state index contributed by atoms with van der Waals surface area (Å²) >= 11 is 5.60. The Morgan fingerprint density at radius 1 is 1.44 bits per heavy atom. The van der Waals surface area contributed by atoms with E-state index in [4.69, 9.17) is 16.7 Å². The van der Waals surface area contributed by atoms with E-state index in [-0.39, 0.29) is 10.6 Å². The molecule has 18 heavy (non-hydrogen) atoms. The third kappa shape index (κ3) is 3.62. The van der Waals surface area contributed by atoms with Crippen molar-refractivity contribution in [2.24, 2.45) is 0 Å². The van der Waals surface area contributed by atoms with Crippen LogP contribution >= 0.6 is 11.6 Å². The summed E-state index contributed by atoms with van der Waals surface area (Å²) in [5.41, 5.74) is -0.308. The summed E-state index contributed by atoms with van der Waals surface area (Å²) in [6, 6.07) is 2.98. The Morgan fingerprint density at radius 2 is 2.06 bits per heavy atom. The van der Waals surface area contributed by atoms with Gasteiger partial charge in [0, 0.05) is 0 Å². The lowest BCUT2D eigenvalue weighted by Gasteiger charge is -2.08. The van der Waals surface area contributed by atoms with Gasteiger partial charge in [-0.15, -0.1) is 0 Å². The lowest BCUT2D eigenvalue weighted by molar-refractivity contribution is 0.0696. The molecule has 0 bridgehead atoms. The average molecular weight is 300 g/mol. The Bertz CT molecular complexity index is 562. The van der Waals surface area contributed by atoms with Crippen LogP contribution in [0.2, 0.25) is 5.02 Å². The second-order valence-corrected chi connectivity index (χ2v) is 5.34. The van der Waals surface area contributed by atoms with E-state index >= 15 is 0 Å². The largest absolute Gasteiger partial charge is 0.478 e. The number of alkyl halides is 2. The Hall–Kier alpha value is -1.25. The first-order valence-electron chi connectivity index (χ1n) is 4.54. The summed E-state index contributed by atoms with van der Waals surface area (Å²) < 4.78 is 48.7. The van der Waals surface area contributed by atoms with E-state index in [0.29, 0.717) is 0 Å². The maximum absolute atomic E-state index is 11.9. The zero-order valence-electron chi connectivity index (χ0n) is 8.73. The summed E-state index contributed by atoms with van der Waals surface area (Å²) in [7, 11) is -4.27. The first-order valence-corrected chi connectivity index (χ1v) is 6.41. The molecule has 2 N–H and O–H groups in total. The van der Waals surface area contributed by atoms with E-state index in [2.05, 4.69) is 0 Å². The van der Waals surface area contributed by atoms with Crippen LogP contribution in [-0.2, 0) is 10.0 Å². The number of rotatable bonds is 5. The second kappa shape index (κ2) is 5.59. The third-order valence-corrected chi connectivity index (χ3v) is 3.80. The first kappa shape index (κ1) is 14.8. The maximum atomic E-state index is 11.9. The Labute approximate surface area is 106 Å². The van der Waals surface area contributed by atoms with Crippen molar-refractivity contribution in [1.29, 1.82) is 0 Å². The minimum atomic E-state index is -4.27. The fourth-order valence-electron chi connectivity index (χ4n) is 1.09. The van der Waals surface area contributed by atoms with Crippen molar-refractivity contribution in [3.05, 3.63) is 28.8 Å². The van der Waals surface area contributed by atoms with Gasteiger partial charge in [0.25, 0.3) is 6.43 Å². The number of hydrogen-bond donors (Lipinski definition) is 2. The Morgan fingerprint density at radius 3 is 2.56 bits per heavy atom. The van der Waals surface area contributed by atoms with Crippen molar-refractivity contribution in [2.45, 2.75) is 11.3 Å². The highest BCUT2D eigenvalue weighted by Crippen LogP contribution is 2.22. The van der Waals surface area contributed by atoms with Crippen LogP contribution < -0.4 is 4.72 Å². The van der Waals surface area contributed by atoms with E-state index in [0.717, 1.165) is 18.2 Å². The molecule has 0 aliphatic carbocycles. The van der Waals surface area contributed by atoms with E-state index in [1.807, 2.05) is 0 Å². The molecule has 0 aliphatic rings. The molecular weight excluding hydrogens is 292 g/mol. The summed E-state index contributed by atoms with van der Waals surface area (Å²) in [6.45, 7) is -1.07. The lowest BCUT2D eigenvalue weighted by Crippen LogP contribution is -2.29. The van der Waals surface area contributed by atoms with Crippen molar-refractivity contribution in [2.75, 3.05) is 6.54 Å². The fourth-order valence-corrected chi connectivity index (χ4v) is 2.62. The zero-order chi connectivity index (χ0) is 13.9. The molecule has 0 aliphatic heterocycles. The minimum Gasteiger partial charge on any atom is -0.478 e. The number of halogens is 3. The van der Waals surface area contributed by atoms with Crippen LogP contribution in [0.1, 0.15) is 10.4 Å². The van der Waals surface area contributed by atoms with Crippen LogP contribution in [0.15, 0.2) is 23.1 Å². The van der Waals surface area contributed by atoms with Gasteiger partial charge >= 0.3 is 5.97 Å². The monoisotopic (exact) mass is 299 g/mol. The van der Waals surface area contributed by atoms with Crippen LogP contribution in [0.3, 0.4) is 0 Å². The van der Waals surface area contributed by atoms with Gasteiger partial charge in [-0.1, -0.05) is 11.6 Å². The molecule has 0 amide bonds. The number of aromatic carboxylic acids is 1. The Balaban J connectivity index is 3.15. The van der Waals surface area contributed by atoms with Crippen molar-refractivity contribution >= 4 is 27.6 Å². The van der Waals surface area contributed by atoms with Crippen LogP contribution in [0.4, 0.5) is 8.78 Å². The van der Waals surface area contributed by atoms with Gasteiger partial charge < -0.3 is 5.11 Å². The van der Waals surface area contributed by atoms with Crippen molar-refractivity contribution in [3.63, 3.8) is 0 Å². The SMILES string of the molecule is O=C(O)c1ccc(Cl)c(S(=O)(=O)NCC(F)F)c1. The van der Waals surface area contributed by atoms with E-state index in [9.17, 15) is 22.0 Å². The highest BCUT2D eigenvalue weighted by molar-refractivity contribution is 7.89. The van der Waals surface area contributed by atoms with Crippen LogP contribution in [-0.4, -0.2) is 32.5 Å². The van der Waals surface area contributed by atoms with Crippen molar-refractivity contribution in [1.82, 2.24) is 4.72 Å².